The molecule has 3 aromatic rings. The molecular formula is C23H21NO6. The first-order valence-corrected chi connectivity index (χ1v) is 9.29. The molecule has 0 fully saturated rings. The number of benzene rings is 2. The summed E-state index contributed by atoms with van der Waals surface area (Å²) in [7, 11) is 1.31. The van der Waals surface area contributed by atoms with Crippen LogP contribution in [0, 0.1) is 0 Å². The van der Waals surface area contributed by atoms with Gasteiger partial charge in [-0.1, -0.05) is 42.5 Å². The normalized spacial score (nSPS) is 11.4. The second-order valence-electron chi connectivity index (χ2n) is 6.49. The Bertz CT molecular complexity index is 980. The van der Waals surface area contributed by atoms with Crippen molar-refractivity contribution < 1.29 is 28.3 Å². The first kappa shape index (κ1) is 20.9. The van der Waals surface area contributed by atoms with Crippen molar-refractivity contribution in [2.75, 3.05) is 7.11 Å². The lowest BCUT2D eigenvalue weighted by Crippen LogP contribution is -2.43. The molecule has 7 nitrogen and oxygen atoms in total. The van der Waals surface area contributed by atoms with Gasteiger partial charge in [0.15, 0.2) is 5.76 Å². The van der Waals surface area contributed by atoms with Crippen molar-refractivity contribution in [3.8, 4) is 0 Å². The van der Waals surface area contributed by atoms with Crippen LogP contribution in [0.15, 0.2) is 77.4 Å². The zero-order valence-corrected chi connectivity index (χ0v) is 16.4. The fourth-order valence-corrected chi connectivity index (χ4v) is 2.79. The molecule has 1 atom stereocenters. The average molecular weight is 407 g/mol. The van der Waals surface area contributed by atoms with E-state index in [0.717, 1.165) is 5.56 Å². The molecule has 1 N–H and O–H groups in total. The van der Waals surface area contributed by atoms with Gasteiger partial charge >= 0.3 is 11.9 Å². The smallest absolute Gasteiger partial charge is 0.337 e. The maximum Gasteiger partial charge on any atom is 0.337 e. The van der Waals surface area contributed by atoms with Crippen molar-refractivity contribution in [2.45, 2.75) is 19.1 Å². The molecule has 30 heavy (non-hydrogen) atoms. The molecule has 0 saturated heterocycles. The SMILES string of the molecule is COC(=O)c1ccc(COC(=O)[C@H](Cc2ccccc2)NC(=O)c2ccco2)cc1. The summed E-state index contributed by atoms with van der Waals surface area (Å²) in [6, 6.07) is 18.1. The van der Waals surface area contributed by atoms with E-state index in [0.29, 0.717) is 11.1 Å². The third-order valence-corrected chi connectivity index (χ3v) is 4.37. The number of furan rings is 1. The zero-order valence-electron chi connectivity index (χ0n) is 16.4. The van der Waals surface area contributed by atoms with Crippen LogP contribution >= 0.6 is 0 Å². The molecule has 7 heteroatoms. The van der Waals surface area contributed by atoms with Gasteiger partial charge in [0, 0.05) is 6.42 Å². The number of amides is 1. The summed E-state index contributed by atoms with van der Waals surface area (Å²) in [5.41, 5.74) is 1.98. The number of ether oxygens (including phenoxy) is 2. The van der Waals surface area contributed by atoms with E-state index >= 15 is 0 Å². The van der Waals surface area contributed by atoms with E-state index < -0.39 is 23.9 Å². The van der Waals surface area contributed by atoms with Gasteiger partial charge in [0.05, 0.1) is 18.9 Å². The first-order chi connectivity index (χ1) is 14.6. The van der Waals surface area contributed by atoms with Crippen molar-refractivity contribution in [3.63, 3.8) is 0 Å². The Morgan fingerprint density at radius 1 is 0.933 bits per heavy atom. The van der Waals surface area contributed by atoms with Gasteiger partial charge in [0.25, 0.3) is 5.91 Å². The minimum Gasteiger partial charge on any atom is -0.465 e. The molecule has 1 aromatic heterocycles. The lowest BCUT2D eigenvalue weighted by Gasteiger charge is -2.17. The van der Waals surface area contributed by atoms with Gasteiger partial charge in [0.1, 0.15) is 12.6 Å². The summed E-state index contributed by atoms with van der Waals surface area (Å²) in [6.07, 6.45) is 1.66. The number of carbonyl (C=O) groups excluding carboxylic acids is 3. The van der Waals surface area contributed by atoms with Gasteiger partial charge in [-0.15, -0.1) is 0 Å². The lowest BCUT2D eigenvalue weighted by atomic mass is 10.1. The van der Waals surface area contributed by atoms with Crippen LogP contribution < -0.4 is 5.32 Å². The van der Waals surface area contributed by atoms with E-state index in [9.17, 15) is 14.4 Å². The van der Waals surface area contributed by atoms with Crippen LogP contribution in [0.5, 0.6) is 0 Å². The van der Waals surface area contributed by atoms with E-state index in [1.54, 1.807) is 30.3 Å². The Hall–Kier alpha value is -3.87. The molecule has 0 aliphatic rings. The summed E-state index contributed by atoms with van der Waals surface area (Å²) in [4.78, 5) is 36.6. The second kappa shape index (κ2) is 10.1. The number of rotatable bonds is 8. The van der Waals surface area contributed by atoms with E-state index in [1.807, 2.05) is 30.3 Å². The number of hydrogen-bond donors (Lipinski definition) is 1. The molecular weight excluding hydrogens is 386 g/mol. The van der Waals surface area contributed by atoms with E-state index in [4.69, 9.17) is 9.15 Å². The number of nitrogens with one attached hydrogen (secondary N) is 1. The van der Waals surface area contributed by atoms with Crippen molar-refractivity contribution in [1.82, 2.24) is 5.32 Å². The largest absolute Gasteiger partial charge is 0.465 e. The molecule has 1 heterocycles. The van der Waals surface area contributed by atoms with Crippen LogP contribution in [0.2, 0.25) is 0 Å². The summed E-state index contributed by atoms with van der Waals surface area (Å²) in [6.45, 7) is 0.00218. The van der Waals surface area contributed by atoms with Gasteiger partial charge in [0.2, 0.25) is 0 Å². The molecule has 3 rings (SSSR count). The summed E-state index contributed by atoms with van der Waals surface area (Å²) >= 11 is 0. The quantitative estimate of drug-likeness (QED) is 0.577. The second-order valence-corrected chi connectivity index (χ2v) is 6.49. The van der Waals surface area contributed by atoms with E-state index in [2.05, 4.69) is 10.1 Å². The number of methoxy groups -OCH3 is 1. The van der Waals surface area contributed by atoms with Crippen LogP contribution in [0.25, 0.3) is 0 Å². The molecule has 0 aliphatic carbocycles. The van der Waals surface area contributed by atoms with Crippen LogP contribution in [0.1, 0.15) is 32.0 Å². The Balaban J connectivity index is 1.66. The van der Waals surface area contributed by atoms with Gasteiger partial charge < -0.3 is 19.2 Å². The van der Waals surface area contributed by atoms with Crippen LogP contribution in [0.3, 0.4) is 0 Å². The topological polar surface area (TPSA) is 94.8 Å². The third kappa shape index (κ3) is 5.57. The Morgan fingerprint density at radius 3 is 2.30 bits per heavy atom. The van der Waals surface area contributed by atoms with Gasteiger partial charge in [-0.05, 0) is 35.4 Å². The van der Waals surface area contributed by atoms with Crippen molar-refractivity contribution in [1.29, 1.82) is 0 Å². The molecule has 0 aliphatic heterocycles. The molecule has 0 spiro atoms. The average Bonchev–Trinajstić information content (AvgIpc) is 3.32. The highest BCUT2D eigenvalue weighted by molar-refractivity contribution is 5.94. The van der Waals surface area contributed by atoms with Crippen LogP contribution in [-0.2, 0) is 27.3 Å². The van der Waals surface area contributed by atoms with Crippen molar-refractivity contribution >= 4 is 17.8 Å². The molecule has 0 saturated carbocycles. The molecule has 0 radical (unpaired) electrons. The molecule has 1 amide bonds. The van der Waals surface area contributed by atoms with E-state index in [1.165, 1.54) is 19.4 Å². The number of hydrogen-bond acceptors (Lipinski definition) is 6. The van der Waals surface area contributed by atoms with Crippen molar-refractivity contribution in [3.05, 3.63) is 95.4 Å². The Labute approximate surface area is 173 Å². The fraction of sp³-hybridized carbons (Fsp3) is 0.174. The van der Waals surface area contributed by atoms with E-state index in [-0.39, 0.29) is 18.8 Å². The first-order valence-electron chi connectivity index (χ1n) is 9.29. The Morgan fingerprint density at radius 2 is 1.67 bits per heavy atom. The standard InChI is InChI=1S/C23H21NO6/c1-28-22(26)18-11-9-17(10-12-18)15-30-23(27)19(14-16-6-3-2-4-7-16)24-21(25)20-8-5-13-29-20/h2-13,19H,14-15H2,1H3,(H,24,25)/t19-/m0/s1. The van der Waals surface area contributed by atoms with Crippen LogP contribution in [0.4, 0.5) is 0 Å². The highest BCUT2D eigenvalue weighted by Gasteiger charge is 2.24. The molecule has 2 aromatic carbocycles. The van der Waals surface area contributed by atoms with Gasteiger partial charge in [-0.3, -0.25) is 4.79 Å². The van der Waals surface area contributed by atoms with Gasteiger partial charge in [-0.25, -0.2) is 9.59 Å². The van der Waals surface area contributed by atoms with Crippen molar-refractivity contribution in [2.24, 2.45) is 0 Å². The molecule has 0 unspecified atom stereocenters. The Kier molecular flexibility index (Phi) is 7.00. The third-order valence-electron chi connectivity index (χ3n) is 4.37. The monoisotopic (exact) mass is 407 g/mol. The highest BCUT2D eigenvalue weighted by Crippen LogP contribution is 2.10. The minimum absolute atomic E-state index is 0.00218. The summed E-state index contributed by atoms with van der Waals surface area (Å²) < 4.78 is 15.2. The predicted octanol–water partition coefficient (Wildman–Crippen LogP) is 3.15. The van der Waals surface area contributed by atoms with Crippen LogP contribution in [-0.4, -0.2) is 31.0 Å². The summed E-state index contributed by atoms with van der Waals surface area (Å²) in [5.74, 6) is -1.41. The summed E-state index contributed by atoms with van der Waals surface area (Å²) in [5, 5.41) is 2.67. The lowest BCUT2D eigenvalue weighted by molar-refractivity contribution is -0.147. The maximum absolute atomic E-state index is 12.7. The zero-order chi connectivity index (χ0) is 21.3. The molecule has 154 valence electrons. The number of esters is 2. The highest BCUT2D eigenvalue weighted by atomic mass is 16.5. The minimum atomic E-state index is -0.889. The number of carbonyl (C=O) groups is 3. The maximum atomic E-state index is 12.7. The predicted molar refractivity (Wildman–Crippen MR) is 108 cm³/mol. The van der Waals surface area contributed by atoms with Gasteiger partial charge in [-0.2, -0.15) is 0 Å². The fourth-order valence-electron chi connectivity index (χ4n) is 2.79. The molecule has 0 bridgehead atoms.